The van der Waals surface area contributed by atoms with Crippen molar-refractivity contribution in [2.75, 3.05) is 19.4 Å². The molecule has 2 atom stereocenters. The molecule has 0 radical (unpaired) electrons. The van der Waals surface area contributed by atoms with Crippen LogP contribution in [-0.2, 0) is 4.79 Å². The molecule has 1 aliphatic carbocycles. The lowest BCUT2D eigenvalue weighted by Gasteiger charge is -2.18. The number of hydrogen-bond donors (Lipinski definition) is 2. The molecular weight excluding hydrogens is 315 g/mol. The molecule has 7 heteroatoms. The van der Waals surface area contributed by atoms with Crippen molar-refractivity contribution in [1.82, 2.24) is 15.3 Å². The minimum absolute atomic E-state index is 0.0245. The number of nitrogens with one attached hydrogen (secondary N) is 2. The second kappa shape index (κ2) is 6.62. The summed E-state index contributed by atoms with van der Waals surface area (Å²) in [6.07, 6.45) is 6.04. The molecular formula is C16H19FN4OS. The quantitative estimate of drug-likeness (QED) is 0.902. The summed E-state index contributed by atoms with van der Waals surface area (Å²) in [5.74, 6) is 0.453. The summed E-state index contributed by atoms with van der Waals surface area (Å²) >= 11 is 1.05. The predicted octanol–water partition coefficient (Wildman–Crippen LogP) is 3.02. The number of nitrogens with zero attached hydrogens (tertiary/aromatic N) is 2. The van der Waals surface area contributed by atoms with E-state index in [2.05, 4.69) is 20.6 Å². The first-order valence-electron chi connectivity index (χ1n) is 7.65. The molecule has 0 aromatic carbocycles. The van der Waals surface area contributed by atoms with E-state index in [0.717, 1.165) is 46.7 Å². The minimum Gasteiger partial charge on any atom is -0.386 e. The van der Waals surface area contributed by atoms with E-state index in [4.69, 9.17) is 0 Å². The van der Waals surface area contributed by atoms with Gasteiger partial charge in [0.25, 0.3) is 0 Å². The van der Waals surface area contributed by atoms with Gasteiger partial charge in [0.05, 0.1) is 23.0 Å². The second-order valence-corrected chi connectivity index (χ2v) is 6.64. The number of halogens is 1. The molecule has 0 saturated heterocycles. The summed E-state index contributed by atoms with van der Waals surface area (Å²) in [5.41, 5.74) is 1.66. The van der Waals surface area contributed by atoms with Crippen molar-refractivity contribution in [3.05, 3.63) is 29.2 Å². The van der Waals surface area contributed by atoms with Crippen LogP contribution in [0.2, 0.25) is 0 Å². The standard InChI is InChI=1S/C16H19FN4OS/c1-18-9-7-20-15(21-8-9)14-12(6-13(17)23-14)10-4-3-5-11(10)16(22)19-2/h6-8,10-11,18H,3-5H2,1-2H3,(H,19,22)/t10-,11-/m1/s1. The molecule has 0 spiro atoms. The van der Waals surface area contributed by atoms with Crippen molar-refractivity contribution >= 4 is 22.9 Å². The SMILES string of the molecule is CNC(=O)[C@@H]1CCC[C@H]1c1cc(F)sc1-c1ncc(NC)cn1. The number of hydrogen-bond acceptors (Lipinski definition) is 5. The molecule has 2 aromatic heterocycles. The number of rotatable bonds is 4. The maximum absolute atomic E-state index is 13.9. The van der Waals surface area contributed by atoms with Gasteiger partial charge in [-0.25, -0.2) is 9.97 Å². The highest BCUT2D eigenvalue weighted by Gasteiger charge is 2.36. The highest BCUT2D eigenvalue weighted by atomic mass is 32.1. The Morgan fingerprint density at radius 1 is 1.30 bits per heavy atom. The largest absolute Gasteiger partial charge is 0.386 e. The molecule has 1 fully saturated rings. The van der Waals surface area contributed by atoms with Crippen molar-refractivity contribution in [3.8, 4) is 10.7 Å². The lowest BCUT2D eigenvalue weighted by Crippen LogP contribution is -2.28. The predicted molar refractivity (Wildman–Crippen MR) is 89.0 cm³/mol. The Hall–Kier alpha value is -2.02. The van der Waals surface area contributed by atoms with Gasteiger partial charge in [-0.2, -0.15) is 4.39 Å². The van der Waals surface area contributed by atoms with Crippen molar-refractivity contribution in [1.29, 1.82) is 0 Å². The Bertz CT molecular complexity index is 701. The van der Waals surface area contributed by atoms with Gasteiger partial charge in [0.2, 0.25) is 5.91 Å². The monoisotopic (exact) mass is 334 g/mol. The number of aromatic nitrogens is 2. The molecule has 3 rings (SSSR count). The fourth-order valence-corrected chi connectivity index (χ4v) is 4.14. The fourth-order valence-electron chi connectivity index (χ4n) is 3.23. The van der Waals surface area contributed by atoms with Gasteiger partial charge >= 0.3 is 0 Å². The van der Waals surface area contributed by atoms with Crippen LogP contribution in [0.15, 0.2) is 18.5 Å². The van der Waals surface area contributed by atoms with Crippen LogP contribution in [0.3, 0.4) is 0 Å². The van der Waals surface area contributed by atoms with Crippen molar-refractivity contribution < 1.29 is 9.18 Å². The molecule has 1 saturated carbocycles. The van der Waals surface area contributed by atoms with Crippen LogP contribution in [0, 0.1) is 11.0 Å². The second-order valence-electron chi connectivity index (χ2n) is 5.64. The molecule has 2 heterocycles. The normalized spacial score (nSPS) is 20.5. The average molecular weight is 334 g/mol. The third kappa shape index (κ3) is 3.06. The maximum Gasteiger partial charge on any atom is 0.223 e. The van der Waals surface area contributed by atoms with E-state index in [-0.39, 0.29) is 22.9 Å². The summed E-state index contributed by atoms with van der Waals surface area (Å²) in [6, 6.07) is 1.54. The van der Waals surface area contributed by atoms with Gasteiger partial charge in [-0.1, -0.05) is 6.42 Å². The molecule has 5 nitrogen and oxygen atoms in total. The summed E-state index contributed by atoms with van der Waals surface area (Å²) in [6.45, 7) is 0. The number of anilines is 1. The Kier molecular flexibility index (Phi) is 4.56. The molecule has 0 unspecified atom stereocenters. The van der Waals surface area contributed by atoms with E-state index >= 15 is 0 Å². The molecule has 1 amide bonds. The van der Waals surface area contributed by atoms with Gasteiger partial charge in [-0.05, 0) is 30.4 Å². The first-order chi connectivity index (χ1) is 11.1. The summed E-state index contributed by atoms with van der Waals surface area (Å²) in [4.78, 5) is 21.5. The molecule has 122 valence electrons. The van der Waals surface area contributed by atoms with Crippen LogP contribution < -0.4 is 10.6 Å². The molecule has 0 aliphatic heterocycles. The van der Waals surface area contributed by atoms with E-state index in [0.29, 0.717) is 5.82 Å². The van der Waals surface area contributed by atoms with E-state index in [9.17, 15) is 9.18 Å². The molecule has 23 heavy (non-hydrogen) atoms. The third-order valence-electron chi connectivity index (χ3n) is 4.37. The summed E-state index contributed by atoms with van der Waals surface area (Å²) < 4.78 is 13.9. The number of amides is 1. The summed E-state index contributed by atoms with van der Waals surface area (Å²) in [7, 11) is 3.44. The Morgan fingerprint density at radius 2 is 2.04 bits per heavy atom. The molecule has 2 N–H and O–H groups in total. The highest BCUT2D eigenvalue weighted by Crippen LogP contribution is 2.45. The van der Waals surface area contributed by atoms with E-state index in [1.807, 2.05) is 0 Å². The van der Waals surface area contributed by atoms with Gasteiger partial charge in [0, 0.05) is 20.0 Å². The zero-order chi connectivity index (χ0) is 16.4. The van der Waals surface area contributed by atoms with Gasteiger partial charge in [-0.15, -0.1) is 11.3 Å². The minimum atomic E-state index is -0.265. The van der Waals surface area contributed by atoms with E-state index in [1.165, 1.54) is 0 Å². The van der Waals surface area contributed by atoms with Crippen LogP contribution in [0.25, 0.3) is 10.7 Å². The van der Waals surface area contributed by atoms with Crippen LogP contribution in [0.1, 0.15) is 30.7 Å². The summed E-state index contributed by atoms with van der Waals surface area (Å²) in [5, 5.41) is 5.42. The van der Waals surface area contributed by atoms with Crippen molar-refractivity contribution in [2.24, 2.45) is 5.92 Å². The fraction of sp³-hybridized carbons (Fsp3) is 0.438. The smallest absolute Gasteiger partial charge is 0.223 e. The molecule has 2 aromatic rings. The maximum atomic E-state index is 13.9. The number of carbonyl (C=O) groups excluding carboxylic acids is 1. The Labute approximate surface area is 138 Å². The van der Waals surface area contributed by atoms with Crippen LogP contribution in [0.4, 0.5) is 10.1 Å². The third-order valence-corrected chi connectivity index (χ3v) is 5.31. The number of carbonyl (C=O) groups is 1. The van der Waals surface area contributed by atoms with Gasteiger partial charge in [-0.3, -0.25) is 4.79 Å². The van der Waals surface area contributed by atoms with Crippen molar-refractivity contribution in [2.45, 2.75) is 25.2 Å². The topological polar surface area (TPSA) is 66.9 Å². The van der Waals surface area contributed by atoms with Crippen LogP contribution >= 0.6 is 11.3 Å². The zero-order valence-corrected chi connectivity index (χ0v) is 13.9. The first kappa shape index (κ1) is 15.9. The average Bonchev–Trinajstić information content (AvgIpc) is 3.20. The van der Waals surface area contributed by atoms with Crippen LogP contribution in [-0.4, -0.2) is 30.0 Å². The van der Waals surface area contributed by atoms with Gasteiger partial charge in [0.1, 0.15) is 0 Å². The Balaban J connectivity index is 1.98. The van der Waals surface area contributed by atoms with Crippen molar-refractivity contribution in [3.63, 3.8) is 0 Å². The Morgan fingerprint density at radius 3 is 2.70 bits per heavy atom. The first-order valence-corrected chi connectivity index (χ1v) is 8.46. The van der Waals surface area contributed by atoms with Gasteiger partial charge < -0.3 is 10.6 Å². The lowest BCUT2D eigenvalue weighted by molar-refractivity contribution is -0.124. The molecule has 0 bridgehead atoms. The van der Waals surface area contributed by atoms with Crippen LogP contribution in [0.5, 0.6) is 0 Å². The van der Waals surface area contributed by atoms with E-state index < -0.39 is 0 Å². The van der Waals surface area contributed by atoms with E-state index in [1.54, 1.807) is 32.6 Å². The highest BCUT2D eigenvalue weighted by molar-refractivity contribution is 7.14. The number of thiophene rings is 1. The molecule has 1 aliphatic rings. The lowest BCUT2D eigenvalue weighted by atomic mass is 9.88. The van der Waals surface area contributed by atoms with Gasteiger partial charge in [0.15, 0.2) is 11.0 Å². The zero-order valence-electron chi connectivity index (χ0n) is 13.1.